The average Bonchev–Trinajstić information content (AvgIpc) is 2.43. The van der Waals surface area contributed by atoms with Crippen LogP contribution in [0.25, 0.3) is 0 Å². The minimum atomic E-state index is -1.32. The number of rotatable bonds is 6. The summed E-state index contributed by atoms with van der Waals surface area (Å²) in [6, 6.07) is 3.26. The van der Waals surface area contributed by atoms with Gasteiger partial charge in [0.05, 0.1) is 17.7 Å². The van der Waals surface area contributed by atoms with Gasteiger partial charge in [-0.2, -0.15) is 0 Å². The molecule has 0 fully saturated rings. The normalized spacial score (nSPS) is 11.2. The molecule has 0 radical (unpaired) electrons. The fourth-order valence-corrected chi connectivity index (χ4v) is 1.56. The zero-order chi connectivity index (χ0) is 15.3. The number of carbonyl (C=O) groups is 2. The van der Waals surface area contributed by atoms with E-state index in [1.807, 2.05) is 0 Å². The molecule has 0 bridgehead atoms. The van der Waals surface area contributed by atoms with Gasteiger partial charge in [-0.25, -0.2) is 14.8 Å². The molecule has 0 unspecified atom stereocenters. The van der Waals surface area contributed by atoms with E-state index in [-0.39, 0.29) is 34.9 Å². The molecular formula is C10H14N4O6+2. The van der Waals surface area contributed by atoms with Crippen molar-refractivity contribution in [2.24, 2.45) is 5.28 Å². The molecule has 7 N–H and O–H groups in total. The van der Waals surface area contributed by atoms with Crippen molar-refractivity contribution in [1.82, 2.24) is 0 Å². The molecule has 0 amide bonds. The molecular weight excluding hydrogens is 272 g/mol. The average molecular weight is 286 g/mol. The molecule has 0 aliphatic rings. The van der Waals surface area contributed by atoms with Gasteiger partial charge in [0.2, 0.25) is 0 Å². The second-order valence-electron chi connectivity index (χ2n) is 3.68. The van der Waals surface area contributed by atoms with E-state index in [1.165, 1.54) is 0 Å². The number of hydrogen-bond acceptors (Lipinski definition) is 3. The monoisotopic (exact) mass is 286 g/mol. The predicted octanol–water partition coefficient (Wildman–Crippen LogP) is -0.711. The van der Waals surface area contributed by atoms with Crippen LogP contribution in [0.2, 0.25) is 0 Å². The van der Waals surface area contributed by atoms with Crippen molar-refractivity contribution < 1.29 is 40.9 Å². The smallest absolute Gasteiger partial charge is 0.338 e. The maximum Gasteiger partial charge on any atom is 0.338 e. The van der Waals surface area contributed by atoms with Crippen molar-refractivity contribution in [3.63, 3.8) is 0 Å². The molecule has 0 spiro atoms. The lowest BCUT2D eigenvalue weighted by Crippen LogP contribution is -2.56. The van der Waals surface area contributed by atoms with Crippen molar-refractivity contribution in [2.75, 3.05) is 18.1 Å². The minimum Gasteiger partial charge on any atom is -0.478 e. The van der Waals surface area contributed by atoms with E-state index in [4.69, 9.17) is 15.4 Å². The number of carboxylic acid groups (broad SMARTS) is 2. The van der Waals surface area contributed by atoms with Gasteiger partial charge in [-0.05, 0) is 18.2 Å². The van der Waals surface area contributed by atoms with E-state index < -0.39 is 11.9 Å². The van der Waals surface area contributed by atoms with E-state index in [2.05, 4.69) is 11.0 Å². The van der Waals surface area contributed by atoms with Crippen LogP contribution in [0.1, 0.15) is 20.7 Å². The second-order valence-corrected chi connectivity index (χ2v) is 3.68. The van der Waals surface area contributed by atoms with Gasteiger partial charge in [0.1, 0.15) is 12.2 Å². The number of hydrogen-bond donors (Lipinski definition) is 5. The van der Waals surface area contributed by atoms with E-state index in [9.17, 15) is 14.8 Å². The Labute approximate surface area is 112 Å². The third-order valence-corrected chi connectivity index (χ3v) is 2.42. The Morgan fingerprint density at radius 2 is 1.95 bits per heavy atom. The van der Waals surface area contributed by atoms with Crippen LogP contribution < -0.4 is 10.7 Å². The van der Waals surface area contributed by atoms with Crippen molar-refractivity contribution in [3.8, 4) is 0 Å². The molecule has 1 aromatic carbocycles. The lowest BCUT2D eigenvalue weighted by Gasteiger charge is -2.13. The molecule has 0 heterocycles. The van der Waals surface area contributed by atoms with Crippen LogP contribution in [-0.4, -0.2) is 50.6 Å². The lowest BCUT2D eigenvalue weighted by molar-refractivity contribution is -0.844. The maximum absolute atomic E-state index is 11.1. The third kappa shape index (κ3) is 3.11. The predicted molar refractivity (Wildman–Crippen MR) is 61.7 cm³/mol. The summed E-state index contributed by atoms with van der Waals surface area (Å²) in [6.07, 6.45) is 0. The Balaban J connectivity index is 3.46. The summed E-state index contributed by atoms with van der Waals surface area (Å²) in [6.45, 7) is 0.243. The molecule has 0 aliphatic heterocycles. The van der Waals surface area contributed by atoms with Crippen LogP contribution in [0.4, 0.5) is 5.69 Å². The highest BCUT2D eigenvalue weighted by Gasteiger charge is 2.28. The number of hydrazine groups is 1. The number of nitrogens with zero attached hydrogens (tertiary/aromatic N) is 3. The zero-order valence-corrected chi connectivity index (χ0v) is 10.3. The summed E-state index contributed by atoms with van der Waals surface area (Å²) in [4.78, 5) is 22.1. The fraction of sp³-hybridized carbons (Fsp3) is 0.200. The lowest BCUT2D eigenvalue weighted by atomic mass is 10.1. The SMILES string of the molecule is [NH3+]CCN(c1cc(C(=O)O)ccc1C(=O)O)/[N+](O)=N/O. The summed E-state index contributed by atoms with van der Waals surface area (Å²) < 4.78 is 0. The number of aromatic carboxylic acids is 2. The van der Waals surface area contributed by atoms with E-state index in [1.54, 1.807) is 0 Å². The Morgan fingerprint density at radius 1 is 1.30 bits per heavy atom. The van der Waals surface area contributed by atoms with E-state index in [0.29, 0.717) is 0 Å². The molecule has 0 aliphatic carbocycles. The van der Waals surface area contributed by atoms with Crippen LogP contribution in [0, 0.1) is 0 Å². The highest BCUT2D eigenvalue weighted by molar-refractivity contribution is 5.97. The second kappa shape index (κ2) is 6.33. The molecule has 10 nitrogen and oxygen atoms in total. The molecule has 0 saturated heterocycles. The first-order valence-electron chi connectivity index (χ1n) is 5.43. The van der Waals surface area contributed by atoms with Crippen LogP contribution >= 0.6 is 0 Å². The van der Waals surface area contributed by atoms with Gasteiger partial charge in [-0.1, -0.05) is 5.01 Å². The standard InChI is InChI=1S/C10H12N4O6/c11-3-4-13(14(20)12-19)8-5-6(9(15)16)1-2-7(8)10(17)18/h1-2,5,20H,3-4,11H2,(H2,15,16,17,18)/p+2. The number of quaternary nitrogens is 1. The Bertz CT molecular complexity index is 559. The van der Waals surface area contributed by atoms with Gasteiger partial charge in [0.25, 0.3) is 10.2 Å². The highest BCUT2D eigenvalue weighted by Crippen LogP contribution is 2.22. The van der Waals surface area contributed by atoms with Crippen LogP contribution in [0.15, 0.2) is 23.5 Å². The van der Waals surface area contributed by atoms with Crippen molar-refractivity contribution in [1.29, 1.82) is 0 Å². The quantitative estimate of drug-likeness (QED) is 0.262. The van der Waals surface area contributed by atoms with Crippen molar-refractivity contribution in [2.45, 2.75) is 0 Å². The molecule has 0 saturated carbocycles. The van der Waals surface area contributed by atoms with Gasteiger partial charge in [-0.3, -0.25) is 0 Å². The van der Waals surface area contributed by atoms with Crippen LogP contribution in [0.3, 0.4) is 0 Å². The van der Waals surface area contributed by atoms with Gasteiger partial charge in [0, 0.05) is 0 Å². The molecule has 108 valence electrons. The number of benzene rings is 1. The zero-order valence-electron chi connectivity index (χ0n) is 10.3. The molecule has 1 aromatic rings. The number of carboxylic acids is 2. The van der Waals surface area contributed by atoms with Crippen molar-refractivity contribution in [3.05, 3.63) is 29.3 Å². The van der Waals surface area contributed by atoms with Crippen LogP contribution in [-0.2, 0) is 0 Å². The van der Waals surface area contributed by atoms with E-state index >= 15 is 0 Å². The Hall–Kier alpha value is -2.88. The largest absolute Gasteiger partial charge is 0.478 e. The first kappa shape index (κ1) is 15.2. The minimum absolute atomic E-state index is 0.00388. The first-order valence-corrected chi connectivity index (χ1v) is 5.43. The van der Waals surface area contributed by atoms with Crippen LogP contribution in [0.5, 0.6) is 0 Å². The van der Waals surface area contributed by atoms with Gasteiger partial charge in [-0.15, -0.1) is 0 Å². The Kier molecular flexibility index (Phi) is 4.81. The summed E-state index contributed by atoms with van der Waals surface area (Å²) in [7, 11) is 0. The van der Waals surface area contributed by atoms with Gasteiger partial charge < -0.3 is 21.2 Å². The number of anilines is 1. The fourth-order valence-electron chi connectivity index (χ4n) is 1.56. The topological polar surface area (TPSA) is 161 Å². The van der Waals surface area contributed by atoms with E-state index in [0.717, 1.165) is 23.2 Å². The third-order valence-electron chi connectivity index (χ3n) is 2.42. The van der Waals surface area contributed by atoms with Crippen molar-refractivity contribution >= 4 is 17.6 Å². The molecule has 0 atom stereocenters. The highest BCUT2D eigenvalue weighted by atomic mass is 16.6. The maximum atomic E-state index is 11.1. The summed E-state index contributed by atoms with van der Waals surface area (Å²) in [5.41, 5.74) is 2.96. The Morgan fingerprint density at radius 3 is 2.40 bits per heavy atom. The molecule has 20 heavy (non-hydrogen) atoms. The van der Waals surface area contributed by atoms with Gasteiger partial charge >= 0.3 is 11.9 Å². The molecule has 10 heteroatoms. The molecule has 1 rings (SSSR count). The first-order chi connectivity index (χ1) is 9.42. The van der Waals surface area contributed by atoms with Gasteiger partial charge in [0.15, 0.2) is 0 Å². The summed E-state index contributed by atoms with van der Waals surface area (Å²) >= 11 is 0. The summed E-state index contributed by atoms with van der Waals surface area (Å²) in [5.74, 6) is -2.58. The molecule has 0 aromatic heterocycles. The summed E-state index contributed by atoms with van der Waals surface area (Å²) in [5, 5.41) is 39.4.